The lowest BCUT2D eigenvalue weighted by Crippen LogP contribution is -2.42. The van der Waals surface area contributed by atoms with Gasteiger partial charge in [-0.3, -0.25) is 4.79 Å². The molecule has 11 heteroatoms. The molecule has 2 rings (SSSR count). The SMILES string of the molecule is COc1cccc(C[C@@H](NC(=O)c2cc(C(F)(F)F)cc(C(F)(F)F)c2)C(=O)O)c1. The van der Waals surface area contributed by atoms with Crippen molar-refractivity contribution in [3.63, 3.8) is 0 Å². The average molecular weight is 435 g/mol. The van der Waals surface area contributed by atoms with E-state index in [1.165, 1.54) is 19.2 Å². The minimum absolute atomic E-state index is 0.123. The van der Waals surface area contributed by atoms with Gasteiger partial charge in [0.05, 0.1) is 18.2 Å². The maximum atomic E-state index is 12.9. The van der Waals surface area contributed by atoms with Crippen LogP contribution in [0.3, 0.4) is 0 Å². The van der Waals surface area contributed by atoms with Crippen LogP contribution in [0.4, 0.5) is 26.3 Å². The molecule has 0 aliphatic carbocycles. The largest absolute Gasteiger partial charge is 0.497 e. The minimum atomic E-state index is -5.14. The van der Waals surface area contributed by atoms with Crippen molar-refractivity contribution in [1.82, 2.24) is 5.32 Å². The first-order chi connectivity index (χ1) is 13.8. The molecule has 0 bridgehead atoms. The summed E-state index contributed by atoms with van der Waals surface area (Å²) in [4.78, 5) is 23.8. The number of hydrogen-bond donors (Lipinski definition) is 2. The Kier molecular flexibility index (Phi) is 6.63. The van der Waals surface area contributed by atoms with E-state index in [-0.39, 0.29) is 24.6 Å². The van der Waals surface area contributed by atoms with Crippen LogP contribution in [0.5, 0.6) is 5.75 Å². The van der Waals surface area contributed by atoms with Crippen LogP contribution in [0, 0.1) is 0 Å². The normalized spacial score (nSPS) is 12.9. The second kappa shape index (κ2) is 8.64. The third kappa shape index (κ3) is 5.88. The molecule has 162 valence electrons. The Labute approximate surface area is 166 Å². The van der Waals surface area contributed by atoms with Gasteiger partial charge in [-0.25, -0.2) is 4.79 Å². The summed E-state index contributed by atoms with van der Waals surface area (Å²) in [5.74, 6) is -2.51. The van der Waals surface area contributed by atoms with Crippen LogP contribution in [-0.4, -0.2) is 30.1 Å². The molecule has 2 aromatic rings. The Morgan fingerprint density at radius 2 is 1.57 bits per heavy atom. The summed E-state index contributed by atoms with van der Waals surface area (Å²) in [6.07, 6.45) is -10.5. The molecular weight excluding hydrogens is 420 g/mol. The van der Waals surface area contributed by atoms with Crippen molar-refractivity contribution in [2.24, 2.45) is 0 Å². The summed E-state index contributed by atoms with van der Waals surface area (Å²) >= 11 is 0. The molecule has 2 N–H and O–H groups in total. The van der Waals surface area contributed by atoms with E-state index >= 15 is 0 Å². The molecule has 0 saturated heterocycles. The lowest BCUT2D eigenvalue weighted by atomic mass is 10.0. The standard InChI is InChI=1S/C19H15F6NO4/c1-30-14-4-2-3-10(5-14)6-15(17(28)29)26-16(27)11-7-12(18(20,21)22)9-13(8-11)19(23,24)25/h2-5,7-9,15H,6H2,1H3,(H,26,27)(H,28,29)/t15-/m1/s1. The maximum Gasteiger partial charge on any atom is 0.416 e. The number of aliphatic carboxylic acids is 1. The van der Waals surface area contributed by atoms with Gasteiger partial charge in [0.2, 0.25) is 0 Å². The fraction of sp³-hybridized carbons (Fsp3) is 0.263. The second-order valence-corrected chi connectivity index (χ2v) is 6.21. The highest BCUT2D eigenvalue weighted by atomic mass is 19.4. The van der Waals surface area contributed by atoms with E-state index in [0.717, 1.165) is 0 Å². The molecule has 0 unspecified atom stereocenters. The lowest BCUT2D eigenvalue weighted by molar-refractivity contribution is -0.143. The zero-order chi connectivity index (χ0) is 22.7. The number of amides is 1. The Morgan fingerprint density at radius 3 is 2.03 bits per heavy atom. The molecule has 0 fully saturated rings. The van der Waals surface area contributed by atoms with Gasteiger partial charge in [-0.15, -0.1) is 0 Å². The van der Waals surface area contributed by atoms with E-state index in [0.29, 0.717) is 11.3 Å². The van der Waals surface area contributed by atoms with Gasteiger partial charge < -0.3 is 15.2 Å². The number of carbonyl (C=O) groups is 2. The number of benzene rings is 2. The van der Waals surface area contributed by atoms with Gasteiger partial charge in [-0.1, -0.05) is 12.1 Å². The summed E-state index contributed by atoms with van der Waals surface area (Å²) < 4.78 is 82.7. The van der Waals surface area contributed by atoms with E-state index in [1.54, 1.807) is 12.1 Å². The quantitative estimate of drug-likeness (QED) is 0.669. The van der Waals surface area contributed by atoms with Crippen LogP contribution in [0.25, 0.3) is 0 Å². The molecule has 1 amide bonds. The number of rotatable bonds is 6. The van der Waals surface area contributed by atoms with Crippen molar-refractivity contribution in [3.05, 3.63) is 64.7 Å². The number of carbonyl (C=O) groups excluding carboxylic acids is 1. The highest BCUT2D eigenvalue weighted by Gasteiger charge is 2.37. The van der Waals surface area contributed by atoms with Crippen LogP contribution in [0.1, 0.15) is 27.0 Å². The van der Waals surface area contributed by atoms with Crippen molar-refractivity contribution in [2.45, 2.75) is 24.8 Å². The molecule has 0 aromatic heterocycles. The van der Waals surface area contributed by atoms with Crippen molar-refractivity contribution in [2.75, 3.05) is 7.11 Å². The van der Waals surface area contributed by atoms with Gasteiger partial charge in [0.15, 0.2) is 0 Å². The summed E-state index contributed by atoms with van der Waals surface area (Å²) in [7, 11) is 1.38. The number of hydrogen-bond acceptors (Lipinski definition) is 3. The second-order valence-electron chi connectivity index (χ2n) is 6.21. The van der Waals surface area contributed by atoms with E-state index < -0.39 is 47.0 Å². The van der Waals surface area contributed by atoms with Crippen LogP contribution in [0.15, 0.2) is 42.5 Å². The van der Waals surface area contributed by atoms with E-state index in [1.807, 2.05) is 5.32 Å². The highest BCUT2D eigenvalue weighted by Crippen LogP contribution is 2.36. The first-order valence-electron chi connectivity index (χ1n) is 8.27. The van der Waals surface area contributed by atoms with Gasteiger partial charge in [-0.05, 0) is 35.9 Å². The van der Waals surface area contributed by atoms with Crippen molar-refractivity contribution in [3.8, 4) is 5.75 Å². The fourth-order valence-electron chi connectivity index (χ4n) is 2.56. The van der Waals surface area contributed by atoms with E-state index in [2.05, 4.69) is 0 Å². The molecule has 2 aromatic carbocycles. The monoisotopic (exact) mass is 435 g/mol. The first kappa shape index (κ1) is 23.0. The molecule has 0 aliphatic heterocycles. The zero-order valence-corrected chi connectivity index (χ0v) is 15.3. The van der Waals surface area contributed by atoms with Crippen LogP contribution >= 0.6 is 0 Å². The van der Waals surface area contributed by atoms with Crippen molar-refractivity contribution < 1.29 is 45.8 Å². The summed E-state index contributed by atoms with van der Waals surface area (Å²) in [6.45, 7) is 0. The number of nitrogens with one attached hydrogen (secondary N) is 1. The highest BCUT2D eigenvalue weighted by molar-refractivity contribution is 5.97. The van der Waals surface area contributed by atoms with Gasteiger partial charge in [0.1, 0.15) is 11.8 Å². The van der Waals surface area contributed by atoms with Crippen LogP contribution in [-0.2, 0) is 23.6 Å². The third-order valence-electron chi connectivity index (χ3n) is 4.03. The van der Waals surface area contributed by atoms with Gasteiger partial charge in [-0.2, -0.15) is 26.3 Å². The van der Waals surface area contributed by atoms with Gasteiger partial charge >= 0.3 is 18.3 Å². The Bertz CT molecular complexity index is 907. The number of carboxylic acid groups (broad SMARTS) is 1. The molecule has 0 radical (unpaired) electrons. The van der Waals surface area contributed by atoms with Crippen molar-refractivity contribution in [1.29, 1.82) is 0 Å². The topological polar surface area (TPSA) is 75.6 Å². The zero-order valence-electron chi connectivity index (χ0n) is 15.3. The molecular formula is C19H15F6NO4. The Morgan fingerprint density at radius 1 is 1.00 bits per heavy atom. The smallest absolute Gasteiger partial charge is 0.416 e. The Hall–Kier alpha value is -3.24. The molecule has 0 heterocycles. The first-order valence-corrected chi connectivity index (χ1v) is 8.27. The van der Waals surface area contributed by atoms with Crippen LogP contribution in [0.2, 0.25) is 0 Å². The molecule has 5 nitrogen and oxygen atoms in total. The van der Waals surface area contributed by atoms with E-state index in [4.69, 9.17) is 4.74 Å². The number of carboxylic acids is 1. The molecule has 0 saturated carbocycles. The number of alkyl halides is 6. The van der Waals surface area contributed by atoms with E-state index in [9.17, 15) is 41.0 Å². The van der Waals surface area contributed by atoms with Gasteiger partial charge in [0.25, 0.3) is 5.91 Å². The minimum Gasteiger partial charge on any atom is -0.497 e. The summed E-state index contributed by atoms with van der Waals surface area (Å²) in [5.41, 5.74) is -3.90. The van der Waals surface area contributed by atoms with Crippen molar-refractivity contribution >= 4 is 11.9 Å². The van der Waals surface area contributed by atoms with Gasteiger partial charge in [0, 0.05) is 12.0 Å². The molecule has 0 spiro atoms. The average Bonchev–Trinajstić information content (AvgIpc) is 2.65. The third-order valence-corrected chi connectivity index (χ3v) is 4.03. The van der Waals surface area contributed by atoms with Crippen LogP contribution < -0.4 is 10.1 Å². The fourth-order valence-corrected chi connectivity index (χ4v) is 2.56. The number of ether oxygens (including phenoxy) is 1. The lowest BCUT2D eigenvalue weighted by Gasteiger charge is -2.17. The molecule has 30 heavy (non-hydrogen) atoms. The number of halogens is 6. The maximum absolute atomic E-state index is 12.9. The Balaban J connectivity index is 2.34. The molecule has 0 aliphatic rings. The predicted octanol–water partition coefficient (Wildman–Crippen LogP) is 4.16. The summed E-state index contributed by atoms with van der Waals surface area (Å²) in [6, 6.07) is 4.88. The molecule has 1 atom stereocenters. The predicted molar refractivity (Wildman–Crippen MR) is 92.0 cm³/mol. The number of methoxy groups -OCH3 is 1. The summed E-state index contributed by atoms with van der Waals surface area (Å²) in [5, 5.41) is 11.3.